The Labute approximate surface area is 112 Å². The minimum atomic E-state index is -0.0857. The summed E-state index contributed by atoms with van der Waals surface area (Å²) in [4.78, 5) is 22.3. The molecule has 19 heavy (non-hydrogen) atoms. The molecule has 0 spiro atoms. The van der Waals surface area contributed by atoms with Crippen molar-refractivity contribution in [3.63, 3.8) is 0 Å². The molecule has 1 aliphatic carbocycles. The van der Waals surface area contributed by atoms with E-state index >= 15 is 0 Å². The maximum atomic E-state index is 11.5. The van der Waals surface area contributed by atoms with Gasteiger partial charge in [-0.25, -0.2) is 0 Å². The van der Waals surface area contributed by atoms with Gasteiger partial charge in [-0.05, 0) is 37.1 Å². The molecule has 0 saturated heterocycles. The lowest BCUT2D eigenvalue weighted by Gasteiger charge is -2.08. The molecule has 0 aromatic heterocycles. The van der Waals surface area contributed by atoms with Crippen LogP contribution in [0.4, 0.5) is 11.4 Å². The number of hydrogen-bond acceptors (Lipinski definition) is 3. The Morgan fingerprint density at radius 3 is 2.37 bits per heavy atom. The molecule has 3 N–H and O–H groups in total. The van der Waals surface area contributed by atoms with Crippen LogP contribution in [-0.2, 0) is 9.59 Å². The van der Waals surface area contributed by atoms with Crippen LogP contribution in [-0.4, -0.2) is 24.4 Å². The minimum Gasteiger partial charge on any atom is -0.385 e. The van der Waals surface area contributed by atoms with Crippen LogP contribution in [0.1, 0.15) is 26.2 Å². The van der Waals surface area contributed by atoms with Crippen LogP contribution in [0, 0.1) is 0 Å². The normalized spacial score (nSPS) is 13.7. The number of benzene rings is 1. The van der Waals surface area contributed by atoms with E-state index in [4.69, 9.17) is 0 Å². The van der Waals surface area contributed by atoms with Gasteiger partial charge in [-0.15, -0.1) is 0 Å². The quantitative estimate of drug-likeness (QED) is 0.730. The first-order valence-electron chi connectivity index (χ1n) is 6.54. The van der Waals surface area contributed by atoms with Crippen molar-refractivity contribution in [3.8, 4) is 0 Å². The second kappa shape index (κ2) is 6.22. The predicted molar refractivity (Wildman–Crippen MR) is 75.0 cm³/mol. The van der Waals surface area contributed by atoms with Gasteiger partial charge in [0.1, 0.15) is 0 Å². The highest BCUT2D eigenvalue weighted by molar-refractivity contribution is 5.88. The fourth-order valence-corrected chi connectivity index (χ4v) is 1.72. The van der Waals surface area contributed by atoms with Crippen molar-refractivity contribution in [3.05, 3.63) is 24.3 Å². The highest BCUT2D eigenvalue weighted by Crippen LogP contribution is 2.18. The maximum Gasteiger partial charge on any atom is 0.221 e. The summed E-state index contributed by atoms with van der Waals surface area (Å²) in [6.07, 6.45) is 2.71. The van der Waals surface area contributed by atoms with Crippen molar-refractivity contribution in [1.29, 1.82) is 0 Å². The van der Waals surface area contributed by atoms with Crippen molar-refractivity contribution >= 4 is 23.2 Å². The molecule has 0 radical (unpaired) electrons. The lowest BCUT2D eigenvalue weighted by atomic mass is 10.2. The first kappa shape index (κ1) is 13.4. The number of hydrogen-bond donors (Lipinski definition) is 3. The molecule has 5 heteroatoms. The van der Waals surface area contributed by atoms with E-state index in [0.717, 1.165) is 24.2 Å². The molecule has 0 bridgehead atoms. The molecule has 2 amide bonds. The van der Waals surface area contributed by atoms with Crippen LogP contribution in [0.3, 0.4) is 0 Å². The van der Waals surface area contributed by atoms with Gasteiger partial charge in [0.05, 0.1) is 0 Å². The van der Waals surface area contributed by atoms with Gasteiger partial charge in [0, 0.05) is 37.3 Å². The van der Waals surface area contributed by atoms with Crippen LogP contribution in [0.25, 0.3) is 0 Å². The first-order chi connectivity index (χ1) is 9.13. The Morgan fingerprint density at radius 1 is 1.16 bits per heavy atom. The van der Waals surface area contributed by atoms with E-state index in [1.165, 1.54) is 6.92 Å². The molecule has 2 rings (SSSR count). The van der Waals surface area contributed by atoms with Gasteiger partial charge in [-0.3, -0.25) is 9.59 Å². The van der Waals surface area contributed by atoms with Crippen LogP contribution >= 0.6 is 0 Å². The van der Waals surface area contributed by atoms with E-state index in [2.05, 4.69) is 16.0 Å². The van der Waals surface area contributed by atoms with Gasteiger partial charge in [0.2, 0.25) is 11.8 Å². The Balaban J connectivity index is 1.70. The highest BCUT2D eigenvalue weighted by Gasteiger charge is 2.22. The summed E-state index contributed by atoms with van der Waals surface area (Å²) in [5.74, 6) is 0.0160. The Bertz CT molecular complexity index is 452. The summed E-state index contributed by atoms with van der Waals surface area (Å²) in [7, 11) is 0. The smallest absolute Gasteiger partial charge is 0.221 e. The van der Waals surface area contributed by atoms with Gasteiger partial charge in [-0.2, -0.15) is 0 Å². The molecular formula is C14H19N3O2. The van der Waals surface area contributed by atoms with Gasteiger partial charge in [0.25, 0.3) is 0 Å². The summed E-state index contributed by atoms with van der Waals surface area (Å²) in [6.45, 7) is 2.09. The fraction of sp³-hybridized carbons (Fsp3) is 0.429. The summed E-state index contributed by atoms with van der Waals surface area (Å²) in [5.41, 5.74) is 1.71. The molecule has 1 aliphatic rings. The van der Waals surface area contributed by atoms with E-state index < -0.39 is 0 Å². The summed E-state index contributed by atoms with van der Waals surface area (Å²) in [5, 5.41) is 8.82. The Morgan fingerprint density at radius 2 is 1.79 bits per heavy atom. The molecule has 0 atom stereocenters. The van der Waals surface area contributed by atoms with E-state index in [-0.39, 0.29) is 11.8 Å². The lowest BCUT2D eigenvalue weighted by Crippen LogP contribution is -2.27. The Kier molecular flexibility index (Phi) is 4.39. The van der Waals surface area contributed by atoms with Gasteiger partial charge >= 0.3 is 0 Å². The van der Waals surface area contributed by atoms with Crippen molar-refractivity contribution in [2.45, 2.75) is 32.2 Å². The van der Waals surface area contributed by atoms with Gasteiger partial charge in [0.15, 0.2) is 0 Å². The lowest BCUT2D eigenvalue weighted by molar-refractivity contribution is -0.121. The van der Waals surface area contributed by atoms with Crippen LogP contribution in [0.5, 0.6) is 0 Å². The molecule has 102 valence electrons. The summed E-state index contributed by atoms with van der Waals surface area (Å²) in [6, 6.07) is 7.83. The molecule has 0 aliphatic heterocycles. The molecule has 5 nitrogen and oxygen atoms in total. The molecule has 1 fully saturated rings. The number of rotatable bonds is 6. The van der Waals surface area contributed by atoms with Crippen molar-refractivity contribution in [1.82, 2.24) is 5.32 Å². The zero-order valence-electron chi connectivity index (χ0n) is 11.0. The largest absolute Gasteiger partial charge is 0.385 e. The van der Waals surface area contributed by atoms with Crippen molar-refractivity contribution in [2.24, 2.45) is 0 Å². The zero-order chi connectivity index (χ0) is 13.7. The van der Waals surface area contributed by atoms with E-state index in [1.807, 2.05) is 24.3 Å². The molecule has 0 unspecified atom stereocenters. The van der Waals surface area contributed by atoms with Crippen molar-refractivity contribution < 1.29 is 9.59 Å². The van der Waals surface area contributed by atoms with Gasteiger partial charge < -0.3 is 16.0 Å². The number of nitrogens with one attached hydrogen (secondary N) is 3. The van der Waals surface area contributed by atoms with E-state index in [0.29, 0.717) is 19.0 Å². The number of carbonyl (C=O) groups excluding carboxylic acids is 2. The molecule has 1 aromatic carbocycles. The van der Waals surface area contributed by atoms with Crippen LogP contribution in [0.2, 0.25) is 0 Å². The zero-order valence-corrected chi connectivity index (χ0v) is 11.0. The first-order valence-corrected chi connectivity index (χ1v) is 6.54. The number of carbonyl (C=O) groups is 2. The summed E-state index contributed by atoms with van der Waals surface area (Å²) >= 11 is 0. The monoisotopic (exact) mass is 261 g/mol. The third-order valence-corrected chi connectivity index (χ3v) is 2.83. The second-order valence-electron chi connectivity index (χ2n) is 4.78. The Hall–Kier alpha value is -2.04. The predicted octanol–water partition coefficient (Wildman–Crippen LogP) is 1.73. The molecule has 1 saturated carbocycles. The fourth-order valence-electron chi connectivity index (χ4n) is 1.72. The van der Waals surface area contributed by atoms with Gasteiger partial charge in [-0.1, -0.05) is 0 Å². The topological polar surface area (TPSA) is 70.2 Å². The average molecular weight is 261 g/mol. The number of anilines is 2. The second-order valence-corrected chi connectivity index (χ2v) is 4.78. The van der Waals surface area contributed by atoms with Crippen LogP contribution in [0.15, 0.2) is 24.3 Å². The average Bonchev–Trinajstić information content (AvgIpc) is 3.14. The van der Waals surface area contributed by atoms with E-state index in [9.17, 15) is 9.59 Å². The molecular weight excluding hydrogens is 242 g/mol. The molecule has 0 heterocycles. The maximum absolute atomic E-state index is 11.5. The minimum absolute atomic E-state index is 0.0857. The third-order valence-electron chi connectivity index (χ3n) is 2.83. The van der Waals surface area contributed by atoms with E-state index in [1.54, 1.807) is 0 Å². The van der Waals surface area contributed by atoms with Crippen LogP contribution < -0.4 is 16.0 Å². The standard InChI is InChI=1S/C14H19N3O2/c1-10(18)16-12-4-2-11(3-5-12)15-9-8-14(19)17-13-6-7-13/h2-5,13,15H,6-9H2,1H3,(H,16,18)(H,17,19). The van der Waals surface area contributed by atoms with Crippen molar-refractivity contribution in [2.75, 3.05) is 17.2 Å². The number of amides is 2. The highest BCUT2D eigenvalue weighted by atomic mass is 16.2. The summed E-state index contributed by atoms with van der Waals surface area (Å²) < 4.78 is 0. The third kappa shape index (κ3) is 4.99. The molecule has 1 aromatic rings. The SMILES string of the molecule is CC(=O)Nc1ccc(NCCC(=O)NC2CC2)cc1.